The Balaban J connectivity index is 1.94. The molecule has 11 heteroatoms. The Kier molecular flexibility index (Phi) is 6.23. The van der Waals surface area contributed by atoms with Crippen LogP contribution in [0.2, 0.25) is 5.02 Å². The second kappa shape index (κ2) is 8.21. The van der Waals surface area contributed by atoms with Crippen molar-refractivity contribution in [1.29, 1.82) is 0 Å². The molecule has 1 heterocycles. The lowest BCUT2D eigenvalue weighted by Crippen LogP contribution is -2.42. The van der Waals surface area contributed by atoms with Crippen LogP contribution in [0, 0.1) is 6.92 Å². The topological polar surface area (TPSA) is 142 Å². The molecular weight excluding hydrogens is 426 g/mol. The molecule has 160 valence electrons. The van der Waals surface area contributed by atoms with E-state index in [-0.39, 0.29) is 23.6 Å². The summed E-state index contributed by atoms with van der Waals surface area (Å²) in [6, 6.07) is 4.88. The van der Waals surface area contributed by atoms with Crippen LogP contribution in [0.25, 0.3) is 0 Å². The Bertz CT molecular complexity index is 900. The second-order valence-corrected chi connectivity index (χ2v) is 9.27. The van der Waals surface area contributed by atoms with Gasteiger partial charge in [-0.2, -0.15) is 0 Å². The zero-order valence-corrected chi connectivity index (χ0v) is 17.1. The van der Waals surface area contributed by atoms with Crippen LogP contribution in [0.1, 0.15) is 18.4 Å². The molecular formula is C18H22ClNO8S. The Hall–Kier alpha value is -1.69. The van der Waals surface area contributed by atoms with Gasteiger partial charge in [0.2, 0.25) is 10.0 Å². The summed E-state index contributed by atoms with van der Waals surface area (Å²) in [6.45, 7) is 0.814. The fourth-order valence-corrected chi connectivity index (χ4v) is 5.53. The van der Waals surface area contributed by atoms with Crippen molar-refractivity contribution in [2.45, 2.75) is 43.0 Å². The minimum atomic E-state index is -4.15. The molecule has 1 aromatic carbocycles. The number of aryl methyl sites for hydroxylation is 1. The highest BCUT2D eigenvalue weighted by Gasteiger charge is 2.51. The van der Waals surface area contributed by atoms with E-state index in [4.69, 9.17) is 21.1 Å². The molecule has 0 bridgehead atoms. The molecule has 0 aromatic heterocycles. The van der Waals surface area contributed by atoms with Crippen molar-refractivity contribution in [2.75, 3.05) is 17.9 Å². The number of hydrogen-bond acceptors (Lipinski definition) is 7. The van der Waals surface area contributed by atoms with Gasteiger partial charge in [-0.3, -0.25) is 4.72 Å². The molecule has 1 spiro atoms. The second-order valence-electron chi connectivity index (χ2n) is 7.00. The molecule has 9 nitrogen and oxygen atoms in total. The van der Waals surface area contributed by atoms with Gasteiger partial charge in [-0.1, -0.05) is 23.7 Å². The van der Waals surface area contributed by atoms with Crippen molar-refractivity contribution in [3.63, 3.8) is 0 Å². The molecule has 0 amide bonds. The molecule has 0 radical (unpaired) electrons. The number of carbonyl (C=O) groups is 1. The van der Waals surface area contributed by atoms with E-state index < -0.39 is 58.0 Å². The molecule has 3 atom stereocenters. The maximum absolute atomic E-state index is 13.0. The van der Waals surface area contributed by atoms with E-state index in [0.29, 0.717) is 5.56 Å². The summed E-state index contributed by atoms with van der Waals surface area (Å²) >= 11 is 6.09. The number of para-hydroxylation sites is 1. The normalized spacial score (nSPS) is 26.3. The van der Waals surface area contributed by atoms with Gasteiger partial charge in [0.05, 0.1) is 29.5 Å². The lowest BCUT2D eigenvalue weighted by Gasteiger charge is -2.33. The summed E-state index contributed by atoms with van der Waals surface area (Å²) in [7, 11) is -4.15. The highest BCUT2D eigenvalue weighted by molar-refractivity contribution is 7.93. The first-order valence-electron chi connectivity index (χ1n) is 8.92. The number of halogens is 1. The largest absolute Gasteiger partial charge is 0.478 e. The number of aliphatic hydroxyl groups is 2. The predicted molar refractivity (Wildman–Crippen MR) is 104 cm³/mol. The van der Waals surface area contributed by atoms with Gasteiger partial charge in [-0.15, -0.1) is 0 Å². The minimum absolute atomic E-state index is 0.0316. The summed E-state index contributed by atoms with van der Waals surface area (Å²) in [5, 5.41) is 27.2. The molecule has 1 aliphatic carbocycles. The molecule has 4 N–H and O–H groups in total. The molecule has 1 unspecified atom stereocenters. The van der Waals surface area contributed by atoms with E-state index in [2.05, 4.69) is 4.72 Å². The van der Waals surface area contributed by atoms with Crippen LogP contribution in [0.15, 0.2) is 29.8 Å². The van der Waals surface area contributed by atoms with E-state index in [1.54, 1.807) is 19.1 Å². The zero-order chi connectivity index (χ0) is 21.4. The fraction of sp³-hybridized carbons (Fsp3) is 0.500. The Labute approximate surface area is 172 Å². The third-order valence-corrected chi connectivity index (χ3v) is 7.08. The first-order chi connectivity index (χ1) is 13.6. The molecule has 3 rings (SSSR count). The lowest BCUT2D eigenvalue weighted by atomic mass is 9.94. The van der Waals surface area contributed by atoms with Crippen LogP contribution in [0.5, 0.6) is 0 Å². The first kappa shape index (κ1) is 22.0. The predicted octanol–water partition coefficient (Wildman–Crippen LogP) is 1.03. The molecule has 0 saturated carbocycles. The van der Waals surface area contributed by atoms with Crippen LogP contribution in [0.3, 0.4) is 0 Å². The fourth-order valence-electron chi connectivity index (χ4n) is 3.57. The van der Waals surface area contributed by atoms with E-state index in [1.165, 1.54) is 6.07 Å². The number of rotatable bonds is 6. The van der Waals surface area contributed by atoms with Gasteiger partial charge in [0.1, 0.15) is 17.5 Å². The first-order valence-corrected chi connectivity index (χ1v) is 10.8. The van der Waals surface area contributed by atoms with E-state index in [1.807, 2.05) is 0 Å². The third kappa shape index (κ3) is 4.27. The van der Waals surface area contributed by atoms with Crippen LogP contribution in [0.4, 0.5) is 5.69 Å². The average molecular weight is 448 g/mol. The van der Waals surface area contributed by atoms with Crippen LogP contribution >= 0.6 is 11.6 Å². The van der Waals surface area contributed by atoms with Gasteiger partial charge in [0, 0.05) is 6.42 Å². The van der Waals surface area contributed by atoms with Crippen LogP contribution < -0.4 is 4.72 Å². The van der Waals surface area contributed by atoms with Crippen molar-refractivity contribution in [2.24, 2.45) is 0 Å². The van der Waals surface area contributed by atoms with Gasteiger partial charge in [-0.25, -0.2) is 13.2 Å². The monoisotopic (exact) mass is 447 g/mol. The SMILES string of the molecule is Cc1cccc(Cl)c1NS(=O)(=O)C1CCC2(C=C1C(=O)O)O[C@H](CO)[C@@H](CO)O2. The molecule has 1 fully saturated rings. The highest BCUT2D eigenvalue weighted by atomic mass is 35.5. The third-order valence-electron chi connectivity index (χ3n) is 5.04. The lowest BCUT2D eigenvalue weighted by molar-refractivity contribution is -0.153. The quantitative estimate of drug-likeness (QED) is 0.506. The molecule has 1 aromatic rings. The average Bonchev–Trinajstić information content (AvgIpc) is 3.02. The number of hydrogen-bond donors (Lipinski definition) is 4. The van der Waals surface area contributed by atoms with Gasteiger partial charge in [0.15, 0.2) is 5.79 Å². The van der Waals surface area contributed by atoms with Crippen LogP contribution in [-0.2, 0) is 24.3 Å². The number of carboxylic acid groups (broad SMARTS) is 1. The molecule has 29 heavy (non-hydrogen) atoms. The van der Waals surface area contributed by atoms with Gasteiger partial charge >= 0.3 is 5.97 Å². The maximum Gasteiger partial charge on any atom is 0.332 e. The number of nitrogens with one attached hydrogen (secondary N) is 1. The number of aliphatic carboxylic acids is 1. The maximum atomic E-state index is 13.0. The number of ether oxygens (including phenoxy) is 2. The zero-order valence-electron chi connectivity index (χ0n) is 15.5. The molecule has 2 aliphatic rings. The number of sulfonamides is 1. The Morgan fingerprint density at radius 1 is 1.28 bits per heavy atom. The standard InChI is InChI=1S/C18H22ClNO8S/c1-10-3-2-4-12(19)16(10)20-29(25,26)15-5-6-18(7-11(15)17(23)24)27-13(8-21)14(9-22)28-18/h2-4,7,13-15,20-22H,5-6,8-9H2,1H3,(H,23,24)/t13-,14-,15?/m1/s1. The highest BCUT2D eigenvalue weighted by Crippen LogP contribution is 2.41. The van der Waals surface area contributed by atoms with Crippen molar-refractivity contribution >= 4 is 33.3 Å². The van der Waals surface area contributed by atoms with Crippen molar-refractivity contribution in [1.82, 2.24) is 0 Å². The van der Waals surface area contributed by atoms with Crippen molar-refractivity contribution in [3.05, 3.63) is 40.4 Å². The Morgan fingerprint density at radius 3 is 2.41 bits per heavy atom. The van der Waals surface area contributed by atoms with E-state index in [0.717, 1.165) is 6.08 Å². The van der Waals surface area contributed by atoms with Crippen molar-refractivity contribution < 1.29 is 38.0 Å². The summed E-state index contributed by atoms with van der Waals surface area (Å²) in [4.78, 5) is 11.8. The molecule has 1 saturated heterocycles. The minimum Gasteiger partial charge on any atom is -0.478 e. The Morgan fingerprint density at radius 2 is 1.90 bits per heavy atom. The van der Waals surface area contributed by atoms with Crippen LogP contribution in [-0.4, -0.2) is 66.2 Å². The summed E-state index contributed by atoms with van der Waals surface area (Å²) in [6.07, 6.45) is -0.649. The summed E-state index contributed by atoms with van der Waals surface area (Å²) in [5.41, 5.74) is 0.366. The summed E-state index contributed by atoms with van der Waals surface area (Å²) in [5.74, 6) is -2.95. The van der Waals surface area contributed by atoms with Gasteiger partial charge < -0.3 is 24.8 Å². The van der Waals surface area contributed by atoms with E-state index in [9.17, 15) is 28.5 Å². The number of carboxylic acids is 1. The van der Waals surface area contributed by atoms with Crippen molar-refractivity contribution in [3.8, 4) is 0 Å². The molecule has 1 aliphatic heterocycles. The van der Waals surface area contributed by atoms with Gasteiger partial charge in [-0.05, 0) is 31.1 Å². The smallest absolute Gasteiger partial charge is 0.332 e. The summed E-state index contributed by atoms with van der Waals surface area (Å²) < 4.78 is 39.6. The number of aliphatic hydroxyl groups excluding tert-OH is 2. The van der Waals surface area contributed by atoms with Gasteiger partial charge in [0.25, 0.3) is 0 Å². The number of benzene rings is 1. The number of anilines is 1. The van der Waals surface area contributed by atoms with E-state index >= 15 is 0 Å².